The van der Waals surface area contributed by atoms with Gasteiger partial charge in [-0.05, 0) is 61.9 Å². The summed E-state index contributed by atoms with van der Waals surface area (Å²) >= 11 is 6.67. The van der Waals surface area contributed by atoms with E-state index in [4.69, 9.17) is 0 Å². The lowest BCUT2D eigenvalue weighted by Crippen LogP contribution is -2.47. The zero-order chi connectivity index (χ0) is 19.9. The molecular weight excluding hydrogens is 489 g/mol. The van der Waals surface area contributed by atoms with Crippen molar-refractivity contribution in [2.45, 2.75) is 12.8 Å². The summed E-state index contributed by atoms with van der Waals surface area (Å²) in [6.45, 7) is 5.21. The first-order chi connectivity index (χ1) is 13.5. The van der Waals surface area contributed by atoms with Gasteiger partial charge in [-0.1, -0.05) is 31.9 Å². The zero-order valence-electron chi connectivity index (χ0n) is 15.6. The highest BCUT2D eigenvalue weighted by Gasteiger charge is 2.19. The molecule has 2 aromatic rings. The Kier molecular flexibility index (Phi) is 7.88. The highest BCUT2D eigenvalue weighted by Crippen LogP contribution is 2.24. The van der Waals surface area contributed by atoms with Crippen molar-refractivity contribution in [1.82, 2.24) is 10.2 Å². The molecule has 1 aliphatic rings. The minimum Gasteiger partial charge on any atom is -0.367 e. The molecule has 0 saturated carbocycles. The molecule has 0 bridgehead atoms. The summed E-state index contributed by atoms with van der Waals surface area (Å²) in [5.74, 6) is -0.207. The minimum atomic E-state index is -0.177. The number of benzene rings is 2. The SMILES string of the molecule is O=C(NCCCCN1CCN(c2ccc(Br)cc2F)CC1)c1ccc(Br)cc1. The molecule has 4 nitrogen and oxygen atoms in total. The maximum atomic E-state index is 14.1. The molecule has 1 fully saturated rings. The Balaban J connectivity index is 1.32. The summed E-state index contributed by atoms with van der Waals surface area (Å²) in [5.41, 5.74) is 1.36. The fraction of sp³-hybridized carbons (Fsp3) is 0.381. The van der Waals surface area contributed by atoms with Gasteiger partial charge in [0.05, 0.1) is 5.69 Å². The van der Waals surface area contributed by atoms with Gasteiger partial charge in [-0.25, -0.2) is 4.39 Å². The average Bonchev–Trinajstić information content (AvgIpc) is 2.69. The third kappa shape index (κ3) is 6.03. The van der Waals surface area contributed by atoms with Crippen LogP contribution in [0.25, 0.3) is 0 Å². The maximum Gasteiger partial charge on any atom is 0.251 e. The van der Waals surface area contributed by atoms with Crippen LogP contribution in [0, 0.1) is 5.82 Å². The van der Waals surface area contributed by atoms with Crippen LogP contribution >= 0.6 is 31.9 Å². The second kappa shape index (κ2) is 10.4. The van der Waals surface area contributed by atoms with Crippen molar-refractivity contribution >= 4 is 43.5 Å². The van der Waals surface area contributed by atoms with Crippen LogP contribution in [0.1, 0.15) is 23.2 Å². The summed E-state index contributed by atoms with van der Waals surface area (Å²) in [5, 5.41) is 2.97. The summed E-state index contributed by atoms with van der Waals surface area (Å²) in [6.07, 6.45) is 1.98. The molecule has 0 atom stereocenters. The predicted octanol–water partition coefficient (Wildman–Crippen LogP) is 4.68. The van der Waals surface area contributed by atoms with Crippen LogP contribution in [0.4, 0.5) is 10.1 Å². The van der Waals surface area contributed by atoms with E-state index < -0.39 is 0 Å². The molecule has 28 heavy (non-hydrogen) atoms. The van der Waals surface area contributed by atoms with Gasteiger partial charge in [0.2, 0.25) is 0 Å². The van der Waals surface area contributed by atoms with E-state index in [1.165, 1.54) is 6.07 Å². The Hall–Kier alpha value is -1.44. The third-order valence-electron chi connectivity index (χ3n) is 4.92. The van der Waals surface area contributed by atoms with Gasteiger partial charge >= 0.3 is 0 Å². The van der Waals surface area contributed by atoms with E-state index in [9.17, 15) is 9.18 Å². The molecule has 1 N–H and O–H groups in total. The second-order valence-electron chi connectivity index (χ2n) is 6.89. The standard InChI is InChI=1S/C21H24Br2FN3O/c22-17-5-3-16(4-6-17)21(28)25-9-1-2-10-26-11-13-27(14-12-26)20-8-7-18(23)15-19(20)24/h3-8,15H,1-2,9-14H2,(H,25,28). The molecular formula is C21H24Br2FN3O. The Morgan fingerprint density at radius 2 is 1.64 bits per heavy atom. The quantitative estimate of drug-likeness (QED) is 0.547. The van der Waals surface area contributed by atoms with E-state index in [2.05, 4.69) is 47.0 Å². The van der Waals surface area contributed by atoms with Crippen LogP contribution in [-0.4, -0.2) is 50.1 Å². The molecule has 150 valence electrons. The number of carbonyl (C=O) groups excluding carboxylic acids is 1. The predicted molar refractivity (Wildman–Crippen MR) is 118 cm³/mol. The average molecular weight is 513 g/mol. The first-order valence-corrected chi connectivity index (χ1v) is 11.1. The number of nitrogens with one attached hydrogen (secondary N) is 1. The highest BCUT2D eigenvalue weighted by molar-refractivity contribution is 9.10. The number of anilines is 1. The van der Waals surface area contributed by atoms with E-state index in [-0.39, 0.29) is 11.7 Å². The van der Waals surface area contributed by atoms with Crippen molar-refractivity contribution in [2.24, 2.45) is 0 Å². The lowest BCUT2D eigenvalue weighted by molar-refractivity contribution is 0.0952. The number of carbonyl (C=O) groups is 1. The zero-order valence-corrected chi connectivity index (χ0v) is 18.8. The fourth-order valence-electron chi connectivity index (χ4n) is 3.32. The number of nitrogens with zero attached hydrogens (tertiary/aromatic N) is 2. The van der Waals surface area contributed by atoms with Gasteiger partial charge in [0, 0.05) is 47.2 Å². The van der Waals surface area contributed by atoms with Gasteiger partial charge < -0.3 is 10.2 Å². The summed E-state index contributed by atoms with van der Waals surface area (Å²) in [4.78, 5) is 16.6. The van der Waals surface area contributed by atoms with Crippen molar-refractivity contribution < 1.29 is 9.18 Å². The Morgan fingerprint density at radius 3 is 2.32 bits per heavy atom. The van der Waals surface area contributed by atoms with E-state index in [1.807, 2.05) is 36.4 Å². The summed E-state index contributed by atoms with van der Waals surface area (Å²) in [6, 6.07) is 12.6. The number of halogens is 3. The molecule has 0 radical (unpaired) electrons. The number of hydrogen-bond donors (Lipinski definition) is 1. The van der Waals surface area contributed by atoms with Gasteiger partial charge in [0.25, 0.3) is 5.91 Å². The first kappa shape index (κ1) is 21.3. The third-order valence-corrected chi connectivity index (χ3v) is 5.94. The van der Waals surface area contributed by atoms with Crippen molar-refractivity contribution in [3.8, 4) is 0 Å². The van der Waals surface area contributed by atoms with Crippen molar-refractivity contribution in [1.29, 1.82) is 0 Å². The lowest BCUT2D eigenvalue weighted by atomic mass is 10.2. The fourth-order valence-corrected chi connectivity index (χ4v) is 3.91. The summed E-state index contributed by atoms with van der Waals surface area (Å²) in [7, 11) is 0. The Morgan fingerprint density at radius 1 is 0.964 bits per heavy atom. The van der Waals surface area contributed by atoms with E-state index in [0.29, 0.717) is 17.8 Å². The van der Waals surface area contributed by atoms with Crippen LogP contribution in [0.2, 0.25) is 0 Å². The highest BCUT2D eigenvalue weighted by atomic mass is 79.9. The molecule has 1 aliphatic heterocycles. The molecule has 1 amide bonds. The van der Waals surface area contributed by atoms with Gasteiger partial charge in [-0.15, -0.1) is 0 Å². The Bertz CT molecular complexity index is 793. The van der Waals surface area contributed by atoms with Crippen LogP contribution in [-0.2, 0) is 0 Å². The molecule has 0 spiro atoms. The molecule has 0 unspecified atom stereocenters. The van der Waals surface area contributed by atoms with Gasteiger partial charge in [0.1, 0.15) is 5.82 Å². The van der Waals surface area contributed by atoms with Gasteiger partial charge in [-0.3, -0.25) is 9.69 Å². The number of rotatable bonds is 7. The molecule has 7 heteroatoms. The largest absolute Gasteiger partial charge is 0.367 e. The van der Waals surface area contributed by atoms with E-state index in [1.54, 1.807) is 0 Å². The number of hydrogen-bond acceptors (Lipinski definition) is 3. The van der Waals surface area contributed by atoms with Crippen molar-refractivity contribution in [3.05, 3.63) is 62.8 Å². The topological polar surface area (TPSA) is 35.6 Å². The molecule has 3 rings (SSSR count). The molecule has 1 heterocycles. The van der Waals surface area contributed by atoms with Crippen LogP contribution in [0.3, 0.4) is 0 Å². The second-order valence-corrected chi connectivity index (χ2v) is 8.73. The first-order valence-electron chi connectivity index (χ1n) is 9.49. The Labute approximate surface area is 182 Å². The maximum absolute atomic E-state index is 14.1. The number of amides is 1. The minimum absolute atomic E-state index is 0.0300. The normalized spacial score (nSPS) is 14.9. The van der Waals surface area contributed by atoms with Crippen molar-refractivity contribution in [3.63, 3.8) is 0 Å². The number of piperazine rings is 1. The molecule has 1 saturated heterocycles. The number of unbranched alkanes of at least 4 members (excludes halogenated alkanes) is 1. The van der Waals surface area contributed by atoms with Crippen molar-refractivity contribution in [2.75, 3.05) is 44.2 Å². The van der Waals surface area contributed by atoms with Gasteiger partial charge in [0.15, 0.2) is 0 Å². The van der Waals surface area contributed by atoms with Crippen LogP contribution in [0.5, 0.6) is 0 Å². The van der Waals surface area contributed by atoms with Gasteiger partial charge in [-0.2, -0.15) is 0 Å². The lowest BCUT2D eigenvalue weighted by Gasteiger charge is -2.36. The molecule has 0 aliphatic carbocycles. The van der Waals surface area contributed by atoms with Crippen LogP contribution in [0.15, 0.2) is 51.4 Å². The molecule has 2 aromatic carbocycles. The van der Waals surface area contributed by atoms with E-state index in [0.717, 1.165) is 54.5 Å². The smallest absolute Gasteiger partial charge is 0.251 e. The summed E-state index contributed by atoms with van der Waals surface area (Å²) < 4.78 is 15.8. The van der Waals surface area contributed by atoms with E-state index >= 15 is 0 Å². The van der Waals surface area contributed by atoms with Crippen LogP contribution < -0.4 is 10.2 Å². The monoisotopic (exact) mass is 511 g/mol. The molecule has 0 aromatic heterocycles.